The van der Waals surface area contributed by atoms with Crippen LogP contribution in [0.3, 0.4) is 0 Å². The zero-order valence-corrected chi connectivity index (χ0v) is 24.6. The molecule has 37 heavy (non-hydrogen) atoms. The first-order chi connectivity index (χ1) is 17.2. The van der Waals surface area contributed by atoms with Gasteiger partial charge in [-0.15, -0.1) is 0 Å². The van der Waals surface area contributed by atoms with Crippen LogP contribution in [0.2, 0.25) is 30.8 Å². The van der Waals surface area contributed by atoms with E-state index in [1.807, 2.05) is 31.2 Å². The van der Waals surface area contributed by atoms with Gasteiger partial charge >= 0.3 is 6.09 Å². The first-order valence-corrected chi connectivity index (χ1v) is 18.1. The van der Waals surface area contributed by atoms with E-state index < -0.39 is 36.3 Å². The van der Waals surface area contributed by atoms with Crippen molar-refractivity contribution < 1.29 is 27.8 Å². The minimum absolute atomic E-state index is 0.0964. The molecule has 1 aromatic carbocycles. The topological polar surface area (TPSA) is 109 Å². The number of carbonyl (C=O) groups is 1. The van der Waals surface area contributed by atoms with Crippen molar-refractivity contribution in [2.24, 2.45) is 0 Å². The van der Waals surface area contributed by atoms with E-state index in [1.54, 1.807) is 12.1 Å². The van der Waals surface area contributed by atoms with Gasteiger partial charge in [0.1, 0.15) is 17.6 Å². The van der Waals surface area contributed by atoms with Crippen LogP contribution >= 0.6 is 11.6 Å². The molecule has 2 aromatic rings. The highest BCUT2D eigenvalue weighted by Gasteiger charge is 2.43. The molecule has 0 bridgehead atoms. The monoisotopic (exact) mass is 569 g/mol. The Morgan fingerprint density at radius 2 is 2.00 bits per heavy atom. The molecule has 2 heterocycles. The average Bonchev–Trinajstić information content (AvgIpc) is 3.18. The smallest absolute Gasteiger partial charge is 0.407 e. The molecule has 0 aliphatic carbocycles. The molecule has 2 atom stereocenters. The van der Waals surface area contributed by atoms with E-state index >= 15 is 0 Å². The van der Waals surface area contributed by atoms with Gasteiger partial charge in [0.15, 0.2) is 0 Å². The maximum absolute atomic E-state index is 12.8. The molecule has 2 unspecified atom stereocenters. The lowest BCUT2D eigenvalue weighted by Gasteiger charge is -2.33. The summed E-state index contributed by atoms with van der Waals surface area (Å²) in [6.07, 6.45) is 0.775. The fraction of sp³-hybridized carbons (Fsp3) is 0.520. The number of hydrogen-bond donors (Lipinski definition) is 1. The molecule has 0 spiro atoms. The van der Waals surface area contributed by atoms with Gasteiger partial charge in [0.25, 0.3) is 0 Å². The van der Waals surface area contributed by atoms with Crippen molar-refractivity contribution in [2.45, 2.75) is 57.5 Å². The van der Waals surface area contributed by atoms with Gasteiger partial charge in [0.2, 0.25) is 15.9 Å². The maximum Gasteiger partial charge on any atom is 0.407 e. The van der Waals surface area contributed by atoms with Gasteiger partial charge in [-0.2, -0.15) is 4.31 Å². The highest BCUT2D eigenvalue weighted by Crippen LogP contribution is 2.30. The van der Waals surface area contributed by atoms with Crippen LogP contribution in [0.4, 0.5) is 4.79 Å². The van der Waals surface area contributed by atoms with Crippen molar-refractivity contribution in [3.05, 3.63) is 52.7 Å². The molecular weight excluding hydrogens is 534 g/mol. The summed E-state index contributed by atoms with van der Waals surface area (Å²) in [4.78, 5) is 17.6. The largest absolute Gasteiger partial charge is 0.465 e. The van der Waals surface area contributed by atoms with E-state index in [4.69, 9.17) is 21.1 Å². The summed E-state index contributed by atoms with van der Waals surface area (Å²) in [5, 5.41) is 10.2. The molecule has 12 heteroatoms. The third-order valence-corrected chi connectivity index (χ3v) is 9.48. The Bertz CT molecular complexity index is 1210. The number of hydrogen-bond acceptors (Lipinski definition) is 6. The lowest BCUT2D eigenvalue weighted by Crippen LogP contribution is -2.50. The fourth-order valence-corrected chi connectivity index (χ4v) is 6.21. The fourth-order valence-electron chi connectivity index (χ4n) is 4.31. The zero-order chi connectivity index (χ0) is 27.4. The standard InChI is InChI=1S/C25H36ClN3O6SSi/c1-18-9-10-23(26)27-24(18)35-20-8-6-7-19(15-20)16-22-21(11-12-28(22)25(30)31)29(36(2,32)33)17-34-13-14-37(3,4)5/h6-10,15,21-22H,11-14,16-17H2,1-5H3,(H,30,31). The van der Waals surface area contributed by atoms with E-state index in [1.165, 1.54) is 9.21 Å². The summed E-state index contributed by atoms with van der Waals surface area (Å²) in [6.45, 7) is 9.16. The van der Waals surface area contributed by atoms with E-state index in [2.05, 4.69) is 24.6 Å². The summed E-state index contributed by atoms with van der Waals surface area (Å²) in [7, 11) is -4.98. The Labute approximate surface area is 225 Å². The number of rotatable bonds is 11. The highest BCUT2D eigenvalue weighted by atomic mass is 35.5. The maximum atomic E-state index is 12.8. The number of sulfonamides is 1. The minimum atomic E-state index is -3.64. The molecule has 9 nitrogen and oxygen atoms in total. The zero-order valence-electron chi connectivity index (χ0n) is 22.0. The van der Waals surface area contributed by atoms with Gasteiger partial charge in [-0.25, -0.2) is 18.2 Å². The number of halogens is 1. The van der Waals surface area contributed by atoms with Gasteiger partial charge in [0.05, 0.1) is 12.3 Å². The molecule has 1 N–H and O–H groups in total. The first kappa shape index (κ1) is 29.4. The van der Waals surface area contributed by atoms with Gasteiger partial charge in [-0.05, 0) is 49.6 Å². The Morgan fingerprint density at radius 1 is 1.27 bits per heavy atom. The summed E-state index contributed by atoms with van der Waals surface area (Å²) in [5.74, 6) is 0.913. The third-order valence-electron chi connectivity index (χ3n) is 6.34. The predicted molar refractivity (Wildman–Crippen MR) is 147 cm³/mol. The van der Waals surface area contributed by atoms with Crippen molar-refractivity contribution in [3.8, 4) is 11.6 Å². The van der Waals surface area contributed by atoms with Crippen LogP contribution in [0.1, 0.15) is 17.5 Å². The van der Waals surface area contributed by atoms with Crippen molar-refractivity contribution >= 4 is 35.8 Å². The van der Waals surface area contributed by atoms with Crippen molar-refractivity contribution in [3.63, 3.8) is 0 Å². The molecule has 1 aromatic heterocycles. The van der Waals surface area contributed by atoms with Crippen molar-refractivity contribution in [2.75, 3.05) is 26.1 Å². The van der Waals surface area contributed by atoms with Crippen LogP contribution in [-0.2, 0) is 21.2 Å². The summed E-state index contributed by atoms with van der Waals surface area (Å²) in [5.41, 5.74) is 1.63. The molecule has 0 saturated carbocycles. The van der Waals surface area contributed by atoms with Crippen LogP contribution in [-0.4, -0.2) is 80.1 Å². The van der Waals surface area contributed by atoms with Gasteiger partial charge in [0, 0.05) is 32.8 Å². The number of aryl methyl sites for hydroxylation is 1. The lowest BCUT2D eigenvalue weighted by atomic mass is 10.00. The molecule has 1 aliphatic rings. The SMILES string of the molecule is Cc1ccc(Cl)nc1Oc1cccc(CC2C(N(COCC[Si](C)(C)C)S(C)(=O)=O)CCN2C(=O)O)c1. The van der Waals surface area contributed by atoms with E-state index in [-0.39, 0.29) is 13.3 Å². The van der Waals surface area contributed by atoms with Crippen LogP contribution < -0.4 is 4.74 Å². The second kappa shape index (κ2) is 12.1. The highest BCUT2D eigenvalue weighted by molar-refractivity contribution is 7.88. The Morgan fingerprint density at radius 3 is 2.65 bits per heavy atom. The summed E-state index contributed by atoms with van der Waals surface area (Å²) in [6, 6.07) is 10.6. The number of aromatic nitrogens is 1. The number of amides is 1. The van der Waals surface area contributed by atoms with Crippen LogP contribution in [0.25, 0.3) is 0 Å². The number of benzene rings is 1. The molecule has 1 saturated heterocycles. The second-order valence-corrected chi connectivity index (χ2v) is 18.6. The molecule has 204 valence electrons. The van der Waals surface area contributed by atoms with Gasteiger partial charge < -0.3 is 19.5 Å². The molecule has 0 radical (unpaired) electrons. The number of pyridine rings is 1. The summed E-state index contributed by atoms with van der Waals surface area (Å²) < 4.78 is 38.5. The predicted octanol–water partition coefficient (Wildman–Crippen LogP) is 5.07. The molecule has 1 aliphatic heterocycles. The van der Waals surface area contributed by atoms with Crippen molar-refractivity contribution in [1.29, 1.82) is 0 Å². The van der Waals surface area contributed by atoms with E-state index in [9.17, 15) is 18.3 Å². The molecule has 1 amide bonds. The average molecular weight is 570 g/mol. The van der Waals surface area contributed by atoms with Crippen LogP contribution in [0.15, 0.2) is 36.4 Å². The number of carboxylic acid groups (broad SMARTS) is 1. The Balaban J connectivity index is 1.81. The Kier molecular flexibility index (Phi) is 9.62. The molecule has 3 rings (SSSR count). The lowest BCUT2D eigenvalue weighted by molar-refractivity contribution is 0.0518. The Hall–Kier alpha value is -2.18. The number of ether oxygens (including phenoxy) is 2. The quantitative estimate of drug-likeness (QED) is 0.174. The van der Waals surface area contributed by atoms with Gasteiger partial charge in [-0.3, -0.25) is 0 Å². The molecule has 1 fully saturated rings. The third kappa shape index (κ3) is 8.41. The normalized spacial score (nSPS) is 18.4. The molecular formula is C25H36ClN3O6SSi. The first-order valence-electron chi connectivity index (χ1n) is 12.2. The van der Waals surface area contributed by atoms with Crippen molar-refractivity contribution in [1.82, 2.24) is 14.2 Å². The van der Waals surface area contributed by atoms with Crippen LogP contribution in [0, 0.1) is 6.92 Å². The van der Waals surface area contributed by atoms with E-state index in [0.717, 1.165) is 23.4 Å². The van der Waals surface area contributed by atoms with Crippen LogP contribution in [0.5, 0.6) is 11.6 Å². The number of nitrogens with zero attached hydrogens (tertiary/aromatic N) is 3. The van der Waals surface area contributed by atoms with E-state index in [0.29, 0.717) is 36.2 Å². The second-order valence-electron chi connectivity index (χ2n) is 10.6. The number of likely N-dealkylation sites (tertiary alicyclic amines) is 1. The summed E-state index contributed by atoms with van der Waals surface area (Å²) >= 11 is 6.01. The van der Waals surface area contributed by atoms with Gasteiger partial charge in [-0.1, -0.05) is 49.4 Å². The minimum Gasteiger partial charge on any atom is -0.465 e.